The lowest BCUT2D eigenvalue weighted by Crippen LogP contribution is -2.20. The molecule has 1 aliphatic heterocycles. The Hall–Kier alpha value is -2.56. The van der Waals surface area contributed by atoms with E-state index in [0.717, 1.165) is 29.8 Å². The van der Waals surface area contributed by atoms with Crippen molar-refractivity contribution in [2.24, 2.45) is 0 Å². The van der Waals surface area contributed by atoms with Gasteiger partial charge in [0.2, 0.25) is 0 Å². The van der Waals surface area contributed by atoms with E-state index in [1.54, 1.807) is 24.4 Å². The van der Waals surface area contributed by atoms with E-state index in [4.69, 9.17) is 4.74 Å². The second kappa shape index (κ2) is 8.21. The number of ether oxygens (including phenoxy) is 1. The molecule has 0 amide bonds. The summed E-state index contributed by atoms with van der Waals surface area (Å²) in [4.78, 5) is 4.38. The number of benzene rings is 1. The van der Waals surface area contributed by atoms with Crippen molar-refractivity contribution in [1.82, 2.24) is 15.6 Å². The van der Waals surface area contributed by atoms with Crippen molar-refractivity contribution >= 4 is 0 Å². The maximum Gasteiger partial charge on any atom is 0.166 e. The highest BCUT2D eigenvalue weighted by Crippen LogP contribution is 2.30. The van der Waals surface area contributed by atoms with Gasteiger partial charge in [0.05, 0.1) is 0 Å². The Kier molecular flexibility index (Phi) is 5.92. The van der Waals surface area contributed by atoms with E-state index in [-0.39, 0.29) is 23.0 Å². The van der Waals surface area contributed by atoms with Crippen LogP contribution >= 0.6 is 0 Å². The van der Waals surface area contributed by atoms with Crippen LogP contribution in [-0.2, 0) is 5.41 Å². The quantitative estimate of drug-likeness (QED) is 0.684. The van der Waals surface area contributed by atoms with Gasteiger partial charge in [0.25, 0.3) is 0 Å². The number of rotatable bonds is 6. The molecule has 2 aromatic rings. The number of hydrogen-bond acceptors (Lipinski definition) is 4. The van der Waals surface area contributed by atoms with Crippen LogP contribution in [0.25, 0.3) is 0 Å². The fourth-order valence-corrected chi connectivity index (χ4v) is 3.21. The van der Waals surface area contributed by atoms with Gasteiger partial charge >= 0.3 is 0 Å². The number of nitrogens with zero attached hydrogens (tertiary/aromatic N) is 1. The van der Waals surface area contributed by atoms with Crippen LogP contribution in [-0.4, -0.2) is 11.0 Å². The molecule has 3 rings (SSSR count). The maximum absolute atomic E-state index is 14.7. The van der Waals surface area contributed by atoms with Gasteiger partial charge in [0.15, 0.2) is 11.6 Å². The van der Waals surface area contributed by atoms with E-state index < -0.39 is 0 Å². The predicted octanol–water partition coefficient (Wildman–Crippen LogP) is 5.57. The fraction of sp³-hybridized carbons (Fsp3) is 0.435. The predicted molar refractivity (Wildman–Crippen MR) is 111 cm³/mol. The Labute approximate surface area is 167 Å². The second-order valence-corrected chi connectivity index (χ2v) is 8.43. The van der Waals surface area contributed by atoms with E-state index in [1.807, 2.05) is 25.3 Å². The molecule has 2 unspecified atom stereocenters. The lowest BCUT2D eigenvalue weighted by Gasteiger charge is -2.19. The SMILES string of the molecule is CCC1CC(NC(C)c2ccc(Oc3ccnc(C(C)(C)C)c3)c(F)c2)=CN1. The first kappa shape index (κ1) is 20.2. The Morgan fingerprint density at radius 3 is 2.71 bits per heavy atom. The standard InChI is InChI=1S/C23H30FN3O/c1-6-17-12-18(14-26-17)27-15(2)16-7-8-21(20(24)11-16)28-19-9-10-25-22(13-19)23(3,4)5/h7-11,13-15,17,26-27H,6,12H2,1-5H3. The minimum atomic E-state index is -0.370. The van der Waals surface area contributed by atoms with Crippen molar-refractivity contribution < 1.29 is 9.13 Å². The van der Waals surface area contributed by atoms with Gasteiger partial charge < -0.3 is 15.4 Å². The molecule has 2 heterocycles. The first-order valence-corrected chi connectivity index (χ1v) is 9.91. The molecule has 0 radical (unpaired) electrons. The molecule has 28 heavy (non-hydrogen) atoms. The first-order valence-electron chi connectivity index (χ1n) is 9.91. The van der Waals surface area contributed by atoms with Gasteiger partial charge in [-0.25, -0.2) is 4.39 Å². The van der Waals surface area contributed by atoms with Crippen LogP contribution in [0.1, 0.15) is 64.8 Å². The topological polar surface area (TPSA) is 46.2 Å². The number of aromatic nitrogens is 1. The van der Waals surface area contributed by atoms with Gasteiger partial charge in [-0.3, -0.25) is 4.98 Å². The third kappa shape index (κ3) is 4.83. The normalized spacial score (nSPS) is 17.6. The van der Waals surface area contributed by atoms with Gasteiger partial charge in [-0.15, -0.1) is 0 Å². The van der Waals surface area contributed by atoms with Crippen molar-refractivity contribution in [2.75, 3.05) is 0 Å². The molecule has 2 N–H and O–H groups in total. The summed E-state index contributed by atoms with van der Waals surface area (Å²) < 4.78 is 20.5. The zero-order valence-corrected chi connectivity index (χ0v) is 17.3. The van der Waals surface area contributed by atoms with Crippen molar-refractivity contribution in [1.29, 1.82) is 0 Å². The molecule has 0 spiro atoms. The summed E-state index contributed by atoms with van der Waals surface area (Å²) in [5.41, 5.74) is 2.86. The van der Waals surface area contributed by atoms with Crippen LogP contribution in [0.3, 0.4) is 0 Å². The number of nitrogens with one attached hydrogen (secondary N) is 2. The average molecular weight is 384 g/mol. The smallest absolute Gasteiger partial charge is 0.166 e. The van der Waals surface area contributed by atoms with Crippen LogP contribution in [0.15, 0.2) is 48.4 Å². The lowest BCUT2D eigenvalue weighted by atomic mass is 9.92. The molecule has 2 atom stereocenters. The van der Waals surface area contributed by atoms with Crippen LogP contribution in [0.4, 0.5) is 4.39 Å². The van der Waals surface area contributed by atoms with E-state index in [9.17, 15) is 4.39 Å². The highest BCUT2D eigenvalue weighted by atomic mass is 19.1. The Morgan fingerprint density at radius 1 is 1.29 bits per heavy atom. The molecule has 1 aromatic heterocycles. The van der Waals surface area contributed by atoms with Crippen molar-refractivity contribution in [3.05, 3.63) is 65.5 Å². The Morgan fingerprint density at radius 2 is 2.07 bits per heavy atom. The third-order valence-corrected chi connectivity index (χ3v) is 5.04. The summed E-state index contributed by atoms with van der Waals surface area (Å²) in [5.74, 6) is 0.436. The van der Waals surface area contributed by atoms with Crippen molar-refractivity contribution in [2.45, 2.75) is 65.0 Å². The van der Waals surface area contributed by atoms with Crippen LogP contribution in [0.2, 0.25) is 0 Å². The lowest BCUT2D eigenvalue weighted by molar-refractivity contribution is 0.437. The zero-order valence-electron chi connectivity index (χ0n) is 17.3. The molecule has 0 fully saturated rings. The minimum Gasteiger partial charge on any atom is -0.454 e. The van der Waals surface area contributed by atoms with Crippen LogP contribution < -0.4 is 15.4 Å². The summed E-state index contributed by atoms with van der Waals surface area (Å²) in [7, 11) is 0. The molecule has 0 aliphatic carbocycles. The largest absolute Gasteiger partial charge is 0.454 e. The third-order valence-electron chi connectivity index (χ3n) is 5.04. The Balaban J connectivity index is 1.69. The molecular weight excluding hydrogens is 353 g/mol. The van der Waals surface area contributed by atoms with E-state index in [2.05, 4.69) is 43.3 Å². The van der Waals surface area contributed by atoms with Gasteiger partial charge in [-0.2, -0.15) is 0 Å². The van der Waals surface area contributed by atoms with Gasteiger partial charge in [0, 0.05) is 53.8 Å². The van der Waals surface area contributed by atoms with E-state index in [1.165, 1.54) is 0 Å². The minimum absolute atomic E-state index is 0.0145. The summed E-state index contributed by atoms with van der Waals surface area (Å²) >= 11 is 0. The number of pyridine rings is 1. The highest BCUT2D eigenvalue weighted by Gasteiger charge is 2.18. The fourth-order valence-electron chi connectivity index (χ4n) is 3.21. The average Bonchev–Trinajstić information content (AvgIpc) is 3.10. The van der Waals surface area contributed by atoms with Gasteiger partial charge in [-0.05, 0) is 37.1 Å². The summed E-state index contributed by atoms with van der Waals surface area (Å²) in [6.45, 7) is 10.5. The summed E-state index contributed by atoms with van der Waals surface area (Å²) in [5, 5.41) is 6.82. The Bertz CT molecular complexity index is 857. The highest BCUT2D eigenvalue weighted by molar-refractivity contribution is 5.36. The van der Waals surface area contributed by atoms with Gasteiger partial charge in [0.1, 0.15) is 5.75 Å². The molecule has 0 bridgehead atoms. The molecule has 1 aliphatic rings. The van der Waals surface area contributed by atoms with Crippen molar-refractivity contribution in [3.8, 4) is 11.5 Å². The summed E-state index contributed by atoms with van der Waals surface area (Å²) in [6, 6.07) is 9.25. The van der Waals surface area contributed by atoms with Gasteiger partial charge in [-0.1, -0.05) is 33.8 Å². The van der Waals surface area contributed by atoms with Crippen molar-refractivity contribution in [3.63, 3.8) is 0 Å². The molecule has 4 nitrogen and oxygen atoms in total. The van der Waals surface area contributed by atoms with Crippen LogP contribution in [0.5, 0.6) is 11.5 Å². The molecular formula is C23H30FN3O. The first-order chi connectivity index (χ1) is 13.3. The van der Waals surface area contributed by atoms with E-state index >= 15 is 0 Å². The van der Waals surface area contributed by atoms with E-state index in [0.29, 0.717) is 11.8 Å². The second-order valence-electron chi connectivity index (χ2n) is 8.43. The molecule has 5 heteroatoms. The number of halogens is 1. The molecule has 1 aromatic carbocycles. The molecule has 150 valence electrons. The summed E-state index contributed by atoms with van der Waals surface area (Å²) in [6.07, 6.45) is 5.78. The van der Waals surface area contributed by atoms with Crippen LogP contribution in [0, 0.1) is 5.82 Å². The zero-order chi connectivity index (χ0) is 20.3. The number of hydrogen-bond donors (Lipinski definition) is 2. The monoisotopic (exact) mass is 383 g/mol. The molecule has 0 saturated heterocycles. The maximum atomic E-state index is 14.7. The molecule has 0 saturated carbocycles.